The molecule has 0 radical (unpaired) electrons. The quantitative estimate of drug-likeness (QED) is 0.212. The highest BCUT2D eigenvalue weighted by atomic mass is 16.5. The van der Waals surface area contributed by atoms with E-state index >= 15 is 0 Å². The Kier molecular flexibility index (Phi) is 7.27. The van der Waals surface area contributed by atoms with Crippen molar-refractivity contribution >= 4 is 34.4 Å². The summed E-state index contributed by atoms with van der Waals surface area (Å²) >= 11 is 0. The van der Waals surface area contributed by atoms with E-state index in [2.05, 4.69) is 20.6 Å². The van der Waals surface area contributed by atoms with Gasteiger partial charge in [0, 0.05) is 53.9 Å². The molecule has 2 aromatic heterocycles. The number of carbonyl (C=O) groups is 2. The van der Waals surface area contributed by atoms with Crippen LogP contribution in [0, 0.1) is 18.3 Å². The maximum atomic E-state index is 13.2. The number of likely N-dealkylation sites (tertiary alicyclic amines) is 1. The Morgan fingerprint density at radius 2 is 1.86 bits per heavy atom. The van der Waals surface area contributed by atoms with E-state index in [0.717, 1.165) is 54.1 Å². The molecule has 2 aliphatic carbocycles. The molecular weight excluding hydrogens is 556 g/mol. The number of benzene rings is 2. The lowest BCUT2D eigenvalue weighted by Crippen LogP contribution is -2.44. The van der Waals surface area contributed by atoms with Crippen molar-refractivity contribution in [2.45, 2.75) is 57.9 Å². The lowest BCUT2D eigenvalue weighted by atomic mass is 10.0. The van der Waals surface area contributed by atoms with Crippen LogP contribution in [0.2, 0.25) is 0 Å². The monoisotopic (exact) mass is 592 g/mol. The van der Waals surface area contributed by atoms with Gasteiger partial charge in [0.05, 0.1) is 11.3 Å². The molecule has 3 fully saturated rings. The van der Waals surface area contributed by atoms with Crippen LogP contribution in [0.5, 0.6) is 11.6 Å². The number of nitrogens with zero attached hydrogens (tertiary/aromatic N) is 4. The van der Waals surface area contributed by atoms with Crippen LogP contribution in [0.15, 0.2) is 60.9 Å². The van der Waals surface area contributed by atoms with Gasteiger partial charge in [-0.3, -0.25) is 4.79 Å². The number of carboxylic acid groups (broad SMARTS) is 1. The summed E-state index contributed by atoms with van der Waals surface area (Å²) in [6.45, 7) is 2.91. The van der Waals surface area contributed by atoms with Gasteiger partial charge in [0.2, 0.25) is 17.7 Å². The Labute approximate surface area is 255 Å². The summed E-state index contributed by atoms with van der Waals surface area (Å²) in [7, 11) is 0. The topological polar surface area (TPSA) is 130 Å². The Bertz CT molecular complexity index is 1740. The highest BCUT2D eigenvalue weighted by Crippen LogP contribution is 2.63. The molecule has 2 saturated carbocycles. The van der Waals surface area contributed by atoms with Gasteiger partial charge in [-0.25, -0.2) is 19.7 Å². The van der Waals surface area contributed by atoms with Crippen molar-refractivity contribution in [3.63, 3.8) is 0 Å². The largest absolute Gasteiger partial charge is 0.465 e. The van der Waals surface area contributed by atoms with Gasteiger partial charge in [-0.1, -0.05) is 37.1 Å². The van der Waals surface area contributed by atoms with Crippen molar-refractivity contribution in [3.8, 4) is 22.9 Å². The number of anilines is 2. The van der Waals surface area contributed by atoms with Crippen molar-refractivity contribution < 1.29 is 19.4 Å². The van der Waals surface area contributed by atoms with Gasteiger partial charge >= 0.3 is 6.09 Å². The Hall–Kier alpha value is -4.73. The minimum absolute atomic E-state index is 0.0728. The Morgan fingerprint density at radius 3 is 2.70 bits per heavy atom. The number of nitrogens with one attached hydrogen (secondary N) is 2. The molecule has 0 unspecified atom stereocenters. The van der Waals surface area contributed by atoms with Gasteiger partial charge in [-0.15, -0.1) is 0 Å². The number of rotatable bonds is 7. The second kappa shape index (κ2) is 11.4. The Morgan fingerprint density at radius 1 is 1.00 bits per heavy atom. The fourth-order valence-corrected chi connectivity index (χ4v) is 7.05. The molecule has 10 nitrogen and oxygen atoms in total. The van der Waals surface area contributed by atoms with Crippen molar-refractivity contribution in [1.82, 2.24) is 19.9 Å². The van der Waals surface area contributed by atoms with Crippen LogP contribution in [0.25, 0.3) is 22.0 Å². The molecule has 226 valence electrons. The molecule has 2 amide bonds. The average Bonchev–Trinajstić information content (AvgIpc) is 3.55. The summed E-state index contributed by atoms with van der Waals surface area (Å²) in [5, 5.41) is 17.7. The number of fused-ring (bicyclic) bond motifs is 1. The van der Waals surface area contributed by atoms with Gasteiger partial charge < -0.3 is 25.4 Å². The average molecular weight is 593 g/mol. The van der Waals surface area contributed by atoms with Crippen molar-refractivity contribution in [1.29, 1.82) is 0 Å². The highest BCUT2D eigenvalue weighted by Gasteiger charge is 2.58. The molecule has 2 atom stereocenters. The molecule has 1 aliphatic heterocycles. The molecule has 2 aromatic carbocycles. The SMILES string of the molecule is Cc1ccc2c(NC(=O)[C@H]3CC34CCCC4)cccc2c1Oc1ncccc1-c1ccnc(N[C@H]2CCCN(C(=O)O)C2)n1. The molecule has 0 bridgehead atoms. The number of aromatic nitrogens is 3. The lowest BCUT2D eigenvalue weighted by Gasteiger charge is -2.31. The van der Waals surface area contributed by atoms with Crippen LogP contribution >= 0.6 is 0 Å². The minimum Gasteiger partial charge on any atom is -0.465 e. The maximum Gasteiger partial charge on any atom is 0.407 e. The summed E-state index contributed by atoms with van der Waals surface area (Å²) < 4.78 is 6.56. The Balaban J connectivity index is 1.14. The first-order chi connectivity index (χ1) is 21.4. The molecular formula is C34H36N6O4. The summed E-state index contributed by atoms with van der Waals surface area (Å²) in [5.41, 5.74) is 3.29. The number of hydrogen-bond donors (Lipinski definition) is 3. The number of aryl methyl sites for hydroxylation is 1. The summed E-state index contributed by atoms with van der Waals surface area (Å²) in [6.07, 6.45) is 9.84. The standard InChI is InChI=1S/C34H36N6O4/c1-21-11-12-23-24(8-4-10-27(23)38-30(41)26-19-34(26)14-2-3-15-34)29(21)44-31-25(9-5-16-35-31)28-13-17-36-32(39-28)37-22-7-6-18-40(20-22)33(42)43/h4-5,8-13,16-17,22,26H,2-3,6-7,14-15,18-20H2,1H3,(H,38,41)(H,42,43)(H,36,37,39)/t22-,26+/m0/s1. The third-order valence-corrected chi connectivity index (χ3v) is 9.50. The lowest BCUT2D eigenvalue weighted by molar-refractivity contribution is -0.118. The smallest absolute Gasteiger partial charge is 0.407 e. The molecule has 1 saturated heterocycles. The zero-order chi connectivity index (χ0) is 30.3. The minimum atomic E-state index is -0.915. The fourth-order valence-electron chi connectivity index (χ4n) is 7.05. The second-order valence-corrected chi connectivity index (χ2v) is 12.4. The highest BCUT2D eigenvalue weighted by molar-refractivity contribution is 6.06. The van der Waals surface area contributed by atoms with E-state index < -0.39 is 6.09 Å². The zero-order valence-electron chi connectivity index (χ0n) is 24.8. The first kappa shape index (κ1) is 28.1. The summed E-state index contributed by atoms with van der Waals surface area (Å²) in [6, 6.07) is 15.4. The van der Waals surface area contributed by atoms with E-state index in [-0.39, 0.29) is 23.3 Å². The van der Waals surface area contributed by atoms with Crippen molar-refractivity contribution in [2.75, 3.05) is 23.7 Å². The fraction of sp³-hybridized carbons (Fsp3) is 0.382. The van der Waals surface area contributed by atoms with E-state index in [1.54, 1.807) is 18.5 Å². The number of hydrogen-bond acceptors (Lipinski definition) is 7. The van der Waals surface area contributed by atoms with E-state index in [9.17, 15) is 14.7 Å². The van der Waals surface area contributed by atoms with Crippen LogP contribution in [-0.4, -0.2) is 56.1 Å². The maximum absolute atomic E-state index is 13.2. The summed E-state index contributed by atoms with van der Waals surface area (Å²) in [4.78, 5) is 39.8. The number of pyridine rings is 1. The van der Waals surface area contributed by atoms with Crippen LogP contribution < -0.4 is 15.4 Å². The van der Waals surface area contributed by atoms with Gasteiger partial charge in [0.15, 0.2) is 0 Å². The number of carbonyl (C=O) groups excluding carboxylic acids is 1. The van der Waals surface area contributed by atoms with Crippen LogP contribution in [0.3, 0.4) is 0 Å². The van der Waals surface area contributed by atoms with Crippen LogP contribution in [0.1, 0.15) is 50.5 Å². The predicted molar refractivity (Wildman–Crippen MR) is 168 cm³/mol. The molecule has 3 aliphatic rings. The number of piperidine rings is 1. The first-order valence-electron chi connectivity index (χ1n) is 15.4. The van der Waals surface area contributed by atoms with Crippen molar-refractivity contribution in [3.05, 3.63) is 66.5 Å². The second-order valence-electron chi connectivity index (χ2n) is 12.4. The molecule has 7 rings (SSSR count). The third kappa shape index (κ3) is 5.40. The van der Waals surface area contributed by atoms with Crippen molar-refractivity contribution in [2.24, 2.45) is 11.3 Å². The van der Waals surface area contributed by atoms with E-state index in [0.29, 0.717) is 41.9 Å². The van der Waals surface area contributed by atoms with Gasteiger partial charge in [-0.05, 0) is 74.3 Å². The van der Waals surface area contributed by atoms with Gasteiger partial charge in [-0.2, -0.15) is 0 Å². The molecule has 44 heavy (non-hydrogen) atoms. The van der Waals surface area contributed by atoms with E-state index in [4.69, 9.17) is 9.72 Å². The zero-order valence-corrected chi connectivity index (χ0v) is 24.8. The third-order valence-electron chi connectivity index (χ3n) is 9.50. The predicted octanol–water partition coefficient (Wildman–Crippen LogP) is 6.87. The molecule has 3 heterocycles. The number of ether oxygens (including phenoxy) is 1. The number of amides is 2. The normalized spacial score (nSPS) is 20.4. The van der Waals surface area contributed by atoms with Crippen LogP contribution in [-0.2, 0) is 4.79 Å². The molecule has 10 heteroatoms. The van der Waals surface area contributed by atoms with Gasteiger partial charge in [0.1, 0.15) is 5.75 Å². The van der Waals surface area contributed by atoms with Crippen LogP contribution in [0.4, 0.5) is 16.4 Å². The first-order valence-corrected chi connectivity index (χ1v) is 15.4. The molecule has 4 aromatic rings. The van der Waals surface area contributed by atoms with E-state index in [1.807, 2.05) is 49.4 Å². The molecule has 1 spiro atoms. The molecule has 3 N–H and O–H groups in total. The van der Waals surface area contributed by atoms with Gasteiger partial charge in [0.25, 0.3) is 0 Å². The summed E-state index contributed by atoms with van der Waals surface area (Å²) in [5.74, 6) is 1.72. The van der Waals surface area contributed by atoms with E-state index in [1.165, 1.54) is 17.7 Å².